The Kier molecular flexibility index (Phi) is 4.80. The van der Waals surface area contributed by atoms with Crippen LogP contribution in [-0.2, 0) is 13.0 Å². The molecule has 1 heterocycles. The third kappa shape index (κ3) is 3.71. The molecule has 0 spiro atoms. The Balaban J connectivity index is 2.21. The van der Waals surface area contributed by atoms with Crippen LogP contribution in [0.3, 0.4) is 0 Å². The molecule has 1 aromatic carbocycles. The molecule has 0 bridgehead atoms. The zero-order chi connectivity index (χ0) is 13.7. The highest BCUT2D eigenvalue weighted by atomic mass is 16.3. The standard InChI is InChI=1S/C17H23NO/c1-4-6-14-7-5-8-15(11-14)16-9-10-19-17(16)12-18-13(2)3/h5,7-11,13,18H,4,6,12H2,1-3H3. The van der Waals surface area contributed by atoms with E-state index in [0.717, 1.165) is 18.7 Å². The molecule has 0 amide bonds. The van der Waals surface area contributed by atoms with Crippen LogP contribution in [0.15, 0.2) is 41.0 Å². The van der Waals surface area contributed by atoms with E-state index >= 15 is 0 Å². The highest BCUT2D eigenvalue weighted by Crippen LogP contribution is 2.26. The van der Waals surface area contributed by atoms with Gasteiger partial charge in [-0.3, -0.25) is 0 Å². The summed E-state index contributed by atoms with van der Waals surface area (Å²) >= 11 is 0. The summed E-state index contributed by atoms with van der Waals surface area (Å²) in [6.07, 6.45) is 4.08. The van der Waals surface area contributed by atoms with Crippen molar-refractivity contribution in [3.05, 3.63) is 47.9 Å². The maximum atomic E-state index is 5.61. The van der Waals surface area contributed by atoms with Crippen molar-refractivity contribution in [2.24, 2.45) is 0 Å². The van der Waals surface area contributed by atoms with Crippen LogP contribution in [0.1, 0.15) is 38.5 Å². The summed E-state index contributed by atoms with van der Waals surface area (Å²) in [6, 6.07) is 11.3. The van der Waals surface area contributed by atoms with Crippen molar-refractivity contribution in [3.63, 3.8) is 0 Å². The molecule has 1 aromatic heterocycles. The maximum Gasteiger partial charge on any atom is 0.125 e. The van der Waals surface area contributed by atoms with Gasteiger partial charge < -0.3 is 9.73 Å². The van der Waals surface area contributed by atoms with Crippen molar-refractivity contribution in [1.29, 1.82) is 0 Å². The van der Waals surface area contributed by atoms with Gasteiger partial charge in [0.25, 0.3) is 0 Å². The molecule has 0 radical (unpaired) electrons. The highest BCUT2D eigenvalue weighted by Gasteiger charge is 2.09. The molecule has 2 rings (SSSR count). The summed E-state index contributed by atoms with van der Waals surface area (Å²) < 4.78 is 5.61. The van der Waals surface area contributed by atoms with Gasteiger partial charge in [-0.25, -0.2) is 0 Å². The van der Waals surface area contributed by atoms with Crippen LogP contribution < -0.4 is 5.32 Å². The van der Waals surface area contributed by atoms with Crippen molar-refractivity contribution in [2.75, 3.05) is 0 Å². The first kappa shape index (κ1) is 13.9. The lowest BCUT2D eigenvalue weighted by atomic mass is 10.0. The Hall–Kier alpha value is -1.54. The van der Waals surface area contributed by atoms with E-state index in [1.807, 2.05) is 0 Å². The molecule has 0 saturated carbocycles. The molecule has 0 aliphatic carbocycles. The van der Waals surface area contributed by atoms with Crippen LogP contribution >= 0.6 is 0 Å². The number of benzene rings is 1. The van der Waals surface area contributed by atoms with Crippen LogP contribution in [0.5, 0.6) is 0 Å². The largest absolute Gasteiger partial charge is 0.467 e. The fraction of sp³-hybridized carbons (Fsp3) is 0.412. The topological polar surface area (TPSA) is 25.2 Å². The van der Waals surface area contributed by atoms with Crippen molar-refractivity contribution in [2.45, 2.75) is 46.2 Å². The highest BCUT2D eigenvalue weighted by molar-refractivity contribution is 5.66. The van der Waals surface area contributed by atoms with Crippen molar-refractivity contribution < 1.29 is 4.42 Å². The quantitative estimate of drug-likeness (QED) is 0.830. The molecule has 19 heavy (non-hydrogen) atoms. The third-order valence-corrected chi connectivity index (χ3v) is 3.19. The van der Waals surface area contributed by atoms with Gasteiger partial charge in [0, 0.05) is 11.6 Å². The van der Waals surface area contributed by atoms with Gasteiger partial charge in [0.2, 0.25) is 0 Å². The zero-order valence-electron chi connectivity index (χ0n) is 12.1. The van der Waals surface area contributed by atoms with Gasteiger partial charge in [-0.1, -0.05) is 51.5 Å². The first-order chi connectivity index (χ1) is 9.20. The second-order valence-electron chi connectivity index (χ2n) is 5.24. The van der Waals surface area contributed by atoms with E-state index < -0.39 is 0 Å². The van der Waals surface area contributed by atoms with Gasteiger partial charge in [0.15, 0.2) is 0 Å². The van der Waals surface area contributed by atoms with E-state index in [0.29, 0.717) is 6.04 Å². The van der Waals surface area contributed by atoms with Crippen molar-refractivity contribution >= 4 is 0 Å². The van der Waals surface area contributed by atoms with Crippen LogP contribution in [0.2, 0.25) is 0 Å². The number of aryl methyl sites for hydroxylation is 1. The molecular formula is C17H23NO. The van der Waals surface area contributed by atoms with Gasteiger partial charge in [0.1, 0.15) is 5.76 Å². The SMILES string of the molecule is CCCc1cccc(-c2ccoc2CNC(C)C)c1. The lowest BCUT2D eigenvalue weighted by molar-refractivity contribution is 0.466. The fourth-order valence-electron chi connectivity index (χ4n) is 2.21. The van der Waals surface area contributed by atoms with Gasteiger partial charge in [-0.2, -0.15) is 0 Å². The van der Waals surface area contributed by atoms with Gasteiger partial charge in [-0.15, -0.1) is 0 Å². The molecular weight excluding hydrogens is 234 g/mol. The van der Waals surface area contributed by atoms with E-state index in [-0.39, 0.29) is 0 Å². The van der Waals surface area contributed by atoms with Gasteiger partial charge in [0.05, 0.1) is 12.8 Å². The Morgan fingerprint density at radius 3 is 2.79 bits per heavy atom. The summed E-state index contributed by atoms with van der Waals surface area (Å²) in [6.45, 7) is 7.27. The van der Waals surface area contributed by atoms with E-state index in [9.17, 15) is 0 Å². The summed E-state index contributed by atoms with van der Waals surface area (Å²) in [5, 5.41) is 3.40. The average molecular weight is 257 g/mol. The minimum atomic E-state index is 0.462. The third-order valence-electron chi connectivity index (χ3n) is 3.19. The van der Waals surface area contributed by atoms with Crippen molar-refractivity contribution in [1.82, 2.24) is 5.32 Å². The Morgan fingerprint density at radius 1 is 1.21 bits per heavy atom. The first-order valence-electron chi connectivity index (χ1n) is 7.09. The number of nitrogens with one attached hydrogen (secondary N) is 1. The smallest absolute Gasteiger partial charge is 0.125 e. The lowest BCUT2D eigenvalue weighted by Gasteiger charge is -2.09. The van der Waals surface area contributed by atoms with Gasteiger partial charge in [-0.05, 0) is 23.6 Å². The second-order valence-corrected chi connectivity index (χ2v) is 5.24. The van der Waals surface area contributed by atoms with E-state index in [2.05, 4.69) is 56.4 Å². The number of furan rings is 1. The molecule has 2 nitrogen and oxygen atoms in total. The number of hydrogen-bond donors (Lipinski definition) is 1. The van der Waals surface area contributed by atoms with E-state index in [1.54, 1.807) is 6.26 Å². The lowest BCUT2D eigenvalue weighted by Crippen LogP contribution is -2.21. The summed E-state index contributed by atoms with van der Waals surface area (Å²) in [7, 11) is 0. The number of rotatable bonds is 6. The number of hydrogen-bond acceptors (Lipinski definition) is 2. The molecule has 0 aliphatic rings. The molecule has 102 valence electrons. The van der Waals surface area contributed by atoms with Gasteiger partial charge >= 0.3 is 0 Å². The predicted octanol–water partition coefficient (Wildman–Crippen LogP) is 4.40. The monoisotopic (exact) mass is 257 g/mol. The van der Waals surface area contributed by atoms with Crippen LogP contribution in [0, 0.1) is 0 Å². The normalized spacial score (nSPS) is 11.2. The second kappa shape index (κ2) is 6.58. The molecule has 0 saturated heterocycles. The van der Waals surface area contributed by atoms with Crippen LogP contribution in [0.4, 0.5) is 0 Å². The van der Waals surface area contributed by atoms with E-state index in [1.165, 1.54) is 23.1 Å². The molecule has 0 aliphatic heterocycles. The molecule has 0 fully saturated rings. The molecule has 1 N–H and O–H groups in total. The Bertz CT molecular complexity index is 513. The predicted molar refractivity (Wildman–Crippen MR) is 80.1 cm³/mol. The fourth-order valence-corrected chi connectivity index (χ4v) is 2.21. The molecule has 0 atom stereocenters. The zero-order valence-corrected chi connectivity index (χ0v) is 12.1. The molecule has 0 unspecified atom stereocenters. The summed E-state index contributed by atoms with van der Waals surface area (Å²) in [5.41, 5.74) is 3.84. The maximum absolute atomic E-state index is 5.61. The van der Waals surface area contributed by atoms with E-state index in [4.69, 9.17) is 4.42 Å². The minimum absolute atomic E-state index is 0.462. The molecule has 2 heteroatoms. The Morgan fingerprint density at radius 2 is 2.05 bits per heavy atom. The van der Waals surface area contributed by atoms with Crippen LogP contribution in [0.25, 0.3) is 11.1 Å². The molecule has 2 aromatic rings. The Labute approximate surface area is 115 Å². The van der Waals surface area contributed by atoms with Crippen LogP contribution in [-0.4, -0.2) is 6.04 Å². The minimum Gasteiger partial charge on any atom is -0.467 e. The summed E-state index contributed by atoms with van der Waals surface area (Å²) in [4.78, 5) is 0. The average Bonchev–Trinajstić information content (AvgIpc) is 2.85. The summed E-state index contributed by atoms with van der Waals surface area (Å²) in [5.74, 6) is 1.02. The van der Waals surface area contributed by atoms with Crippen molar-refractivity contribution in [3.8, 4) is 11.1 Å². The first-order valence-corrected chi connectivity index (χ1v) is 7.09.